The first-order valence-corrected chi connectivity index (χ1v) is 8.12. The third kappa shape index (κ3) is 2.52. The molecule has 3 aromatic rings. The number of carbonyl (C=O) groups is 1. The van der Waals surface area contributed by atoms with Gasteiger partial charge in [-0.3, -0.25) is 4.79 Å². The Balaban J connectivity index is 1.64. The summed E-state index contributed by atoms with van der Waals surface area (Å²) in [5.41, 5.74) is 2.05. The van der Waals surface area contributed by atoms with Crippen molar-refractivity contribution in [1.29, 1.82) is 0 Å². The standard InChI is InChI=1S/C19H19N3O2/c1-2-9-22-17-8-4-3-7-16(17)20-19(22)14-11-18(23)21(12-14)13-15-6-5-10-24-15/h2-8,10,14H,1,9,11-13H2/t14-/m1/s1. The number of rotatable bonds is 5. The molecule has 0 saturated carbocycles. The van der Waals surface area contributed by atoms with Gasteiger partial charge in [0.15, 0.2) is 0 Å². The summed E-state index contributed by atoms with van der Waals surface area (Å²) in [5.74, 6) is 2.02. The van der Waals surface area contributed by atoms with E-state index in [1.807, 2.05) is 41.3 Å². The van der Waals surface area contributed by atoms with Crippen LogP contribution in [-0.4, -0.2) is 26.9 Å². The van der Waals surface area contributed by atoms with E-state index in [0.717, 1.165) is 22.6 Å². The van der Waals surface area contributed by atoms with E-state index in [1.54, 1.807) is 6.26 Å². The van der Waals surface area contributed by atoms with Crippen LogP contribution in [0.25, 0.3) is 11.0 Å². The number of fused-ring (bicyclic) bond motifs is 1. The molecule has 0 unspecified atom stereocenters. The van der Waals surface area contributed by atoms with Crippen molar-refractivity contribution in [3.63, 3.8) is 0 Å². The number of aromatic nitrogens is 2. The lowest BCUT2D eigenvalue weighted by molar-refractivity contribution is -0.128. The molecule has 122 valence electrons. The Morgan fingerprint density at radius 1 is 1.29 bits per heavy atom. The number of para-hydroxylation sites is 2. The number of furan rings is 1. The summed E-state index contributed by atoms with van der Waals surface area (Å²) in [4.78, 5) is 19.0. The summed E-state index contributed by atoms with van der Waals surface area (Å²) in [6.45, 7) is 5.73. The Labute approximate surface area is 140 Å². The molecule has 0 bridgehead atoms. The fourth-order valence-corrected chi connectivity index (χ4v) is 3.42. The van der Waals surface area contributed by atoms with E-state index >= 15 is 0 Å². The van der Waals surface area contributed by atoms with E-state index < -0.39 is 0 Å². The van der Waals surface area contributed by atoms with Crippen molar-refractivity contribution in [2.24, 2.45) is 0 Å². The topological polar surface area (TPSA) is 51.3 Å². The van der Waals surface area contributed by atoms with E-state index in [-0.39, 0.29) is 11.8 Å². The molecular formula is C19H19N3O2. The Kier molecular flexibility index (Phi) is 3.69. The SMILES string of the molecule is C=CCn1c([C@@H]2CC(=O)N(Cc3ccco3)C2)nc2ccccc21. The van der Waals surface area contributed by atoms with Crippen LogP contribution in [0.2, 0.25) is 0 Å². The number of hydrogen-bond acceptors (Lipinski definition) is 3. The van der Waals surface area contributed by atoms with Crippen molar-refractivity contribution in [3.05, 3.63) is 66.9 Å². The lowest BCUT2D eigenvalue weighted by Crippen LogP contribution is -2.24. The highest BCUT2D eigenvalue weighted by molar-refractivity contribution is 5.80. The number of allylic oxidation sites excluding steroid dienone is 1. The fourth-order valence-electron chi connectivity index (χ4n) is 3.42. The van der Waals surface area contributed by atoms with Crippen LogP contribution >= 0.6 is 0 Å². The van der Waals surface area contributed by atoms with Crippen molar-refractivity contribution in [2.45, 2.75) is 25.4 Å². The summed E-state index contributed by atoms with van der Waals surface area (Å²) < 4.78 is 7.53. The zero-order valence-electron chi connectivity index (χ0n) is 13.4. The van der Waals surface area contributed by atoms with Gasteiger partial charge in [-0.05, 0) is 24.3 Å². The minimum atomic E-state index is 0.0970. The molecule has 0 aliphatic carbocycles. The second-order valence-electron chi connectivity index (χ2n) is 6.11. The van der Waals surface area contributed by atoms with Gasteiger partial charge in [0.1, 0.15) is 11.6 Å². The maximum atomic E-state index is 12.4. The number of imidazole rings is 1. The van der Waals surface area contributed by atoms with Gasteiger partial charge in [-0.15, -0.1) is 6.58 Å². The zero-order chi connectivity index (χ0) is 16.5. The molecule has 0 radical (unpaired) electrons. The molecule has 1 aromatic carbocycles. The molecule has 1 atom stereocenters. The van der Waals surface area contributed by atoms with E-state index in [1.165, 1.54) is 0 Å². The van der Waals surface area contributed by atoms with Crippen LogP contribution in [-0.2, 0) is 17.9 Å². The zero-order valence-corrected chi connectivity index (χ0v) is 13.4. The monoisotopic (exact) mass is 321 g/mol. The van der Waals surface area contributed by atoms with Crippen LogP contribution in [0.4, 0.5) is 0 Å². The number of nitrogens with zero attached hydrogens (tertiary/aromatic N) is 3. The highest BCUT2D eigenvalue weighted by Crippen LogP contribution is 2.31. The average molecular weight is 321 g/mol. The number of amides is 1. The maximum absolute atomic E-state index is 12.4. The lowest BCUT2D eigenvalue weighted by Gasteiger charge is -2.15. The van der Waals surface area contributed by atoms with Crippen LogP contribution < -0.4 is 0 Å². The molecule has 5 heteroatoms. The van der Waals surface area contributed by atoms with Crippen molar-refractivity contribution in [2.75, 3.05) is 6.54 Å². The number of hydrogen-bond donors (Lipinski definition) is 0. The molecule has 24 heavy (non-hydrogen) atoms. The van der Waals surface area contributed by atoms with Crippen molar-refractivity contribution >= 4 is 16.9 Å². The molecule has 1 aliphatic rings. The Bertz CT molecular complexity index is 879. The highest BCUT2D eigenvalue weighted by atomic mass is 16.3. The second kappa shape index (κ2) is 6.00. The van der Waals surface area contributed by atoms with Crippen molar-refractivity contribution in [3.8, 4) is 0 Å². The van der Waals surface area contributed by atoms with Gasteiger partial charge >= 0.3 is 0 Å². The number of likely N-dealkylation sites (tertiary alicyclic amines) is 1. The lowest BCUT2D eigenvalue weighted by atomic mass is 10.1. The summed E-state index contributed by atoms with van der Waals surface area (Å²) in [6.07, 6.45) is 3.99. The molecule has 2 aromatic heterocycles. The van der Waals surface area contributed by atoms with Gasteiger partial charge in [0.25, 0.3) is 0 Å². The van der Waals surface area contributed by atoms with Gasteiger partial charge in [0.2, 0.25) is 5.91 Å². The van der Waals surface area contributed by atoms with E-state index in [0.29, 0.717) is 26.1 Å². The molecular weight excluding hydrogens is 302 g/mol. The smallest absolute Gasteiger partial charge is 0.223 e. The predicted octanol–water partition coefficient (Wildman–Crippen LogP) is 3.33. The predicted molar refractivity (Wildman–Crippen MR) is 91.4 cm³/mol. The van der Waals surface area contributed by atoms with Crippen LogP contribution in [0, 0.1) is 0 Å². The summed E-state index contributed by atoms with van der Waals surface area (Å²) in [5, 5.41) is 0. The fraction of sp³-hybridized carbons (Fsp3) is 0.263. The van der Waals surface area contributed by atoms with Gasteiger partial charge in [0, 0.05) is 25.4 Å². The number of benzene rings is 1. The van der Waals surface area contributed by atoms with Gasteiger partial charge < -0.3 is 13.9 Å². The van der Waals surface area contributed by atoms with Gasteiger partial charge in [-0.1, -0.05) is 18.2 Å². The van der Waals surface area contributed by atoms with Gasteiger partial charge in [-0.2, -0.15) is 0 Å². The molecule has 1 saturated heterocycles. The van der Waals surface area contributed by atoms with E-state index in [9.17, 15) is 4.79 Å². The van der Waals surface area contributed by atoms with E-state index in [2.05, 4.69) is 17.2 Å². The summed E-state index contributed by atoms with van der Waals surface area (Å²) >= 11 is 0. The molecule has 0 N–H and O–H groups in total. The normalized spacial score (nSPS) is 17.8. The quantitative estimate of drug-likeness (QED) is 0.677. The Morgan fingerprint density at radius 2 is 2.17 bits per heavy atom. The van der Waals surface area contributed by atoms with Crippen LogP contribution in [0.1, 0.15) is 23.9 Å². The first kappa shape index (κ1) is 14.8. The molecule has 1 fully saturated rings. The second-order valence-corrected chi connectivity index (χ2v) is 6.11. The minimum Gasteiger partial charge on any atom is -0.467 e. The third-order valence-electron chi connectivity index (χ3n) is 4.50. The molecule has 1 amide bonds. The first-order valence-electron chi connectivity index (χ1n) is 8.12. The van der Waals surface area contributed by atoms with Crippen molar-refractivity contribution in [1.82, 2.24) is 14.5 Å². The molecule has 3 heterocycles. The largest absolute Gasteiger partial charge is 0.467 e. The molecule has 1 aliphatic heterocycles. The Morgan fingerprint density at radius 3 is 2.96 bits per heavy atom. The van der Waals surface area contributed by atoms with E-state index in [4.69, 9.17) is 9.40 Å². The Hall–Kier alpha value is -2.82. The number of carbonyl (C=O) groups excluding carboxylic acids is 1. The molecule has 5 nitrogen and oxygen atoms in total. The minimum absolute atomic E-state index is 0.0970. The summed E-state index contributed by atoms with van der Waals surface area (Å²) in [7, 11) is 0. The first-order chi connectivity index (χ1) is 11.8. The van der Waals surface area contributed by atoms with Crippen LogP contribution in [0.5, 0.6) is 0 Å². The van der Waals surface area contributed by atoms with Gasteiger partial charge in [0.05, 0.1) is 23.8 Å². The third-order valence-corrected chi connectivity index (χ3v) is 4.50. The molecule has 0 spiro atoms. The maximum Gasteiger partial charge on any atom is 0.223 e. The summed E-state index contributed by atoms with van der Waals surface area (Å²) in [6, 6.07) is 11.8. The average Bonchev–Trinajstić information content (AvgIpc) is 3.29. The van der Waals surface area contributed by atoms with Crippen molar-refractivity contribution < 1.29 is 9.21 Å². The van der Waals surface area contributed by atoms with Crippen LogP contribution in [0.3, 0.4) is 0 Å². The highest BCUT2D eigenvalue weighted by Gasteiger charge is 2.34. The molecule has 4 rings (SSSR count). The van der Waals surface area contributed by atoms with Crippen LogP contribution in [0.15, 0.2) is 59.7 Å². The van der Waals surface area contributed by atoms with Gasteiger partial charge in [-0.25, -0.2) is 4.98 Å².